The van der Waals surface area contributed by atoms with Gasteiger partial charge in [0.1, 0.15) is 7.05 Å². The smallest absolute Gasteiger partial charge is 0.560 e. The van der Waals surface area contributed by atoms with Crippen LogP contribution in [0.15, 0.2) is 58.1 Å². The number of anilines is 1. The minimum Gasteiger partial charge on any atom is -0.560 e. The van der Waals surface area contributed by atoms with Gasteiger partial charge in [-0.2, -0.15) is 0 Å². The fraction of sp³-hybridized carbons (Fsp3) is 0.174. The van der Waals surface area contributed by atoms with E-state index in [1.54, 1.807) is 24.4 Å². The minimum atomic E-state index is -0.471. The molecule has 32 heavy (non-hydrogen) atoms. The molecule has 0 saturated carbocycles. The summed E-state index contributed by atoms with van der Waals surface area (Å²) >= 11 is 3.31. The van der Waals surface area contributed by atoms with E-state index in [2.05, 4.69) is 37.8 Å². The number of benzene rings is 2. The molecule has 1 unspecified atom stereocenters. The molecule has 0 bridgehead atoms. The molecule has 1 aliphatic rings. The second-order valence-corrected chi connectivity index (χ2v) is 7.74. The summed E-state index contributed by atoms with van der Waals surface area (Å²) in [6, 6.07) is 12.2. The van der Waals surface area contributed by atoms with E-state index in [1.807, 2.05) is 55.6 Å². The topological polar surface area (TPSA) is 82.8 Å². The molecule has 9 heteroatoms. The number of amides is 1. The molecule has 0 aliphatic carbocycles. The average Bonchev–Trinajstić information content (AvgIpc) is 2.74. The Labute approximate surface area is 238 Å². The van der Waals surface area contributed by atoms with Gasteiger partial charge in [-0.15, -0.1) is 6.20 Å². The van der Waals surface area contributed by atoms with Crippen molar-refractivity contribution in [3.8, 4) is 0 Å². The van der Waals surface area contributed by atoms with Crippen molar-refractivity contribution in [2.75, 3.05) is 19.5 Å². The predicted octanol–water partition coefficient (Wildman–Crippen LogP) is 0.746. The first-order valence-corrected chi connectivity index (χ1v) is 10.3. The van der Waals surface area contributed by atoms with Crippen LogP contribution < -0.4 is 62.0 Å². The van der Waals surface area contributed by atoms with Gasteiger partial charge >= 0.3 is 57.4 Å². The van der Waals surface area contributed by atoms with E-state index in [9.17, 15) is 9.59 Å². The molecule has 0 fully saturated rings. The Kier molecular flexibility index (Phi) is 10.3. The molecule has 2 aromatic rings. The van der Waals surface area contributed by atoms with Crippen molar-refractivity contribution < 1.29 is 70.3 Å². The Bertz CT molecular complexity index is 1100. The monoisotopic (exact) mass is 520 g/mol. The van der Waals surface area contributed by atoms with Gasteiger partial charge in [-0.25, -0.2) is 4.79 Å². The second kappa shape index (κ2) is 12.5. The van der Waals surface area contributed by atoms with E-state index in [1.165, 1.54) is 7.11 Å². The largest absolute Gasteiger partial charge is 1.00 e. The quantitative estimate of drug-likeness (QED) is 0.185. The SMILES string of the molecule is COC(=O)c1ccc(C(=O)Nc2cccc(C(C)N[C-]=CN=C3C=[N+](C)[CH-]3)c2)cc1Br.[K+]. The first-order chi connectivity index (χ1) is 14.9. The van der Waals surface area contributed by atoms with E-state index in [0.29, 0.717) is 21.3 Å². The molecule has 1 amide bonds. The maximum absolute atomic E-state index is 12.6. The summed E-state index contributed by atoms with van der Waals surface area (Å²) in [4.78, 5) is 28.6. The van der Waals surface area contributed by atoms with Gasteiger partial charge in [0.15, 0.2) is 0 Å². The van der Waals surface area contributed by atoms with E-state index >= 15 is 0 Å². The maximum Gasteiger partial charge on any atom is 1.00 e. The van der Waals surface area contributed by atoms with Crippen LogP contribution in [0.2, 0.25) is 0 Å². The molecular formula is C23H22BrKN4O3. The normalized spacial score (nSPS) is 14.5. The summed E-state index contributed by atoms with van der Waals surface area (Å²) in [6.07, 6.45) is 6.46. The molecule has 2 aromatic carbocycles. The van der Waals surface area contributed by atoms with Crippen molar-refractivity contribution in [3.63, 3.8) is 0 Å². The fourth-order valence-corrected chi connectivity index (χ4v) is 3.39. The number of aliphatic imine (C=N–C) groups is 1. The van der Waals surface area contributed by atoms with Crippen LogP contribution in [0.4, 0.5) is 5.69 Å². The minimum absolute atomic E-state index is 0. The van der Waals surface area contributed by atoms with Crippen LogP contribution in [-0.4, -0.2) is 42.5 Å². The standard InChI is InChI=1S/C23H22BrN4O3.K/c1-15(25-9-10-26-19-13-28(2)14-19)16-5-4-6-18(11-16)27-22(29)17-7-8-20(21(24)12-17)23(30)31-3;/h4-8,10-15,25H,1-3H3,(H,27,29);/q-1;+1. The third kappa shape index (κ3) is 7.13. The van der Waals surface area contributed by atoms with Gasteiger partial charge in [0.05, 0.1) is 31.1 Å². The molecule has 0 aromatic heterocycles. The van der Waals surface area contributed by atoms with Crippen LogP contribution in [0, 0.1) is 12.7 Å². The summed E-state index contributed by atoms with van der Waals surface area (Å²) in [5.41, 5.74) is 3.31. The Balaban J connectivity index is 0.00000363. The molecule has 2 N–H and O–H groups in total. The third-order valence-electron chi connectivity index (χ3n) is 4.53. The number of rotatable bonds is 7. The number of hydrogen-bond acceptors (Lipinski definition) is 5. The molecule has 0 spiro atoms. The molecule has 7 nitrogen and oxygen atoms in total. The van der Waals surface area contributed by atoms with Gasteiger partial charge in [-0.05, 0) is 58.7 Å². The molecule has 1 heterocycles. The van der Waals surface area contributed by atoms with Crippen LogP contribution in [0.5, 0.6) is 0 Å². The molecule has 1 atom stereocenters. The van der Waals surface area contributed by atoms with Crippen LogP contribution in [-0.2, 0) is 4.74 Å². The number of ether oxygens (including phenoxy) is 1. The van der Waals surface area contributed by atoms with Crippen molar-refractivity contribution in [3.05, 3.63) is 82.6 Å². The second-order valence-electron chi connectivity index (χ2n) is 6.88. The van der Waals surface area contributed by atoms with E-state index < -0.39 is 5.97 Å². The van der Waals surface area contributed by atoms with Gasteiger partial charge in [-0.3, -0.25) is 4.79 Å². The zero-order chi connectivity index (χ0) is 22.4. The van der Waals surface area contributed by atoms with E-state index in [-0.39, 0.29) is 63.3 Å². The number of halogens is 1. The summed E-state index contributed by atoms with van der Waals surface area (Å²) < 4.78 is 7.13. The van der Waals surface area contributed by atoms with Crippen molar-refractivity contribution in [2.24, 2.45) is 4.99 Å². The molecule has 0 radical (unpaired) electrons. The summed E-state index contributed by atoms with van der Waals surface area (Å²) in [5.74, 6) is -0.753. The summed E-state index contributed by atoms with van der Waals surface area (Å²) in [7, 11) is 3.25. The van der Waals surface area contributed by atoms with Gasteiger partial charge in [-0.1, -0.05) is 12.1 Å². The van der Waals surface area contributed by atoms with Crippen LogP contribution in [0.1, 0.15) is 39.2 Å². The number of methoxy groups -OCH3 is 1. The molecule has 160 valence electrons. The van der Waals surface area contributed by atoms with Crippen molar-refractivity contribution in [1.29, 1.82) is 0 Å². The van der Waals surface area contributed by atoms with Crippen LogP contribution in [0.3, 0.4) is 0 Å². The number of nitrogens with zero attached hydrogens (tertiary/aromatic N) is 2. The first kappa shape index (κ1) is 26.5. The Morgan fingerprint density at radius 2 is 2.03 bits per heavy atom. The van der Waals surface area contributed by atoms with Gasteiger partial charge in [0, 0.05) is 21.8 Å². The fourth-order valence-electron chi connectivity index (χ4n) is 2.85. The molecule has 3 rings (SSSR count). The summed E-state index contributed by atoms with van der Waals surface area (Å²) in [6.45, 7) is 3.90. The van der Waals surface area contributed by atoms with Crippen LogP contribution >= 0.6 is 15.9 Å². The molecule has 0 saturated heterocycles. The van der Waals surface area contributed by atoms with E-state index in [0.717, 1.165) is 11.3 Å². The summed E-state index contributed by atoms with van der Waals surface area (Å²) in [5, 5.41) is 6.02. The number of nitrogens with one attached hydrogen (secondary N) is 2. The van der Waals surface area contributed by atoms with Crippen molar-refractivity contribution in [2.45, 2.75) is 13.0 Å². The number of carbonyl (C=O) groups is 2. The Hall–Kier alpha value is -1.75. The predicted molar refractivity (Wildman–Crippen MR) is 123 cm³/mol. The molecule has 1 aliphatic heterocycles. The maximum atomic E-state index is 12.6. The van der Waals surface area contributed by atoms with E-state index in [4.69, 9.17) is 4.74 Å². The molecular weight excluding hydrogens is 499 g/mol. The number of hydrogen-bond donors (Lipinski definition) is 2. The van der Waals surface area contributed by atoms with Crippen molar-refractivity contribution >= 4 is 45.4 Å². The van der Waals surface area contributed by atoms with Gasteiger partial charge < -0.3 is 31.1 Å². The third-order valence-corrected chi connectivity index (χ3v) is 5.19. The Morgan fingerprint density at radius 1 is 1.28 bits per heavy atom. The average molecular weight is 521 g/mol. The van der Waals surface area contributed by atoms with Gasteiger partial charge in [0.25, 0.3) is 5.91 Å². The number of carbonyl (C=O) groups excluding carboxylic acids is 2. The zero-order valence-electron chi connectivity index (χ0n) is 18.3. The Morgan fingerprint density at radius 3 is 2.69 bits per heavy atom. The van der Waals surface area contributed by atoms with Crippen LogP contribution in [0.25, 0.3) is 0 Å². The first-order valence-electron chi connectivity index (χ1n) is 9.49. The zero-order valence-corrected chi connectivity index (χ0v) is 23.1. The van der Waals surface area contributed by atoms with Gasteiger partial charge in [0.2, 0.25) is 0 Å². The van der Waals surface area contributed by atoms with Crippen molar-refractivity contribution in [1.82, 2.24) is 5.32 Å². The number of esters is 1.